The fourth-order valence-corrected chi connectivity index (χ4v) is 2.69. The molecular weight excluding hydrogens is 220 g/mol. The monoisotopic (exact) mass is 242 g/mol. The van der Waals surface area contributed by atoms with E-state index >= 15 is 0 Å². The van der Waals surface area contributed by atoms with Gasteiger partial charge in [-0.1, -0.05) is 39.4 Å². The molecule has 0 radical (unpaired) electrons. The first kappa shape index (κ1) is 13.4. The number of hydrogen-bond acceptors (Lipinski definition) is 2. The predicted molar refractivity (Wildman–Crippen MR) is 70.1 cm³/mol. The number of nitrogens with two attached hydrogens (primary N) is 1. The van der Waals surface area contributed by atoms with Crippen LogP contribution in [0.15, 0.2) is 0 Å². The summed E-state index contributed by atoms with van der Waals surface area (Å²) in [4.78, 5) is 12.4. The second-order valence-electron chi connectivity index (χ2n) is 5.15. The first-order valence-corrected chi connectivity index (χ1v) is 6.44. The van der Waals surface area contributed by atoms with Crippen LogP contribution in [0, 0.1) is 17.8 Å². The summed E-state index contributed by atoms with van der Waals surface area (Å²) in [5, 5.41) is 2.98. The summed E-state index contributed by atoms with van der Waals surface area (Å²) in [6.07, 6.45) is 3.30. The standard InChI is InChI=1S/C12H22N2OS/c1-7(2)10(11(13)16)14-12(15)9-6-4-5-8(9)3/h7-10H,4-6H2,1-3H3,(H2,13,16)(H,14,15). The van der Waals surface area contributed by atoms with Crippen LogP contribution >= 0.6 is 12.2 Å². The molecule has 92 valence electrons. The van der Waals surface area contributed by atoms with Crippen LogP contribution in [0.2, 0.25) is 0 Å². The minimum absolute atomic E-state index is 0.122. The molecule has 1 saturated carbocycles. The van der Waals surface area contributed by atoms with Gasteiger partial charge in [0.05, 0.1) is 11.0 Å². The van der Waals surface area contributed by atoms with Crippen molar-refractivity contribution in [2.45, 2.75) is 46.1 Å². The molecule has 4 heteroatoms. The first-order valence-electron chi connectivity index (χ1n) is 6.03. The zero-order valence-corrected chi connectivity index (χ0v) is 11.1. The van der Waals surface area contributed by atoms with Gasteiger partial charge >= 0.3 is 0 Å². The fourth-order valence-electron chi connectivity index (χ4n) is 2.36. The van der Waals surface area contributed by atoms with E-state index < -0.39 is 0 Å². The number of carbonyl (C=O) groups excluding carboxylic acids is 1. The Morgan fingerprint density at radius 2 is 2.06 bits per heavy atom. The summed E-state index contributed by atoms with van der Waals surface area (Å²) in [5.41, 5.74) is 5.64. The van der Waals surface area contributed by atoms with Crippen molar-refractivity contribution in [3.8, 4) is 0 Å². The Morgan fingerprint density at radius 3 is 2.44 bits per heavy atom. The largest absolute Gasteiger partial charge is 0.392 e. The maximum Gasteiger partial charge on any atom is 0.223 e. The Hall–Kier alpha value is -0.640. The van der Waals surface area contributed by atoms with Gasteiger partial charge in [0.25, 0.3) is 0 Å². The summed E-state index contributed by atoms with van der Waals surface area (Å²) < 4.78 is 0. The highest BCUT2D eigenvalue weighted by Crippen LogP contribution is 2.31. The second-order valence-corrected chi connectivity index (χ2v) is 5.62. The molecule has 0 spiro atoms. The van der Waals surface area contributed by atoms with Gasteiger partial charge in [-0.2, -0.15) is 0 Å². The molecule has 3 unspecified atom stereocenters. The SMILES string of the molecule is CC(C)C(NC(=O)C1CCCC1C)C(N)=S. The third kappa shape index (κ3) is 3.17. The third-order valence-corrected chi connectivity index (χ3v) is 3.72. The number of amides is 1. The third-order valence-electron chi connectivity index (χ3n) is 3.47. The highest BCUT2D eigenvalue weighted by molar-refractivity contribution is 7.80. The summed E-state index contributed by atoms with van der Waals surface area (Å²) in [6.45, 7) is 6.17. The molecule has 1 aliphatic rings. The molecule has 1 fully saturated rings. The highest BCUT2D eigenvalue weighted by atomic mass is 32.1. The molecule has 1 rings (SSSR count). The molecule has 0 heterocycles. The van der Waals surface area contributed by atoms with E-state index in [-0.39, 0.29) is 23.8 Å². The van der Waals surface area contributed by atoms with Gasteiger partial charge in [0.2, 0.25) is 5.91 Å². The van der Waals surface area contributed by atoms with Crippen LogP contribution in [0.5, 0.6) is 0 Å². The molecule has 16 heavy (non-hydrogen) atoms. The van der Waals surface area contributed by atoms with Crippen LogP contribution in [0.1, 0.15) is 40.0 Å². The minimum Gasteiger partial charge on any atom is -0.392 e. The molecule has 3 atom stereocenters. The Balaban J connectivity index is 2.58. The van der Waals surface area contributed by atoms with Crippen LogP contribution in [0.4, 0.5) is 0 Å². The van der Waals surface area contributed by atoms with E-state index in [4.69, 9.17) is 18.0 Å². The molecule has 1 amide bonds. The van der Waals surface area contributed by atoms with Gasteiger partial charge < -0.3 is 11.1 Å². The lowest BCUT2D eigenvalue weighted by atomic mass is 9.95. The Labute approximate surface area is 103 Å². The lowest BCUT2D eigenvalue weighted by Crippen LogP contribution is -2.49. The van der Waals surface area contributed by atoms with E-state index in [1.807, 2.05) is 13.8 Å². The van der Waals surface area contributed by atoms with Crippen LogP contribution in [0.25, 0.3) is 0 Å². The molecular formula is C12H22N2OS. The van der Waals surface area contributed by atoms with Crippen LogP contribution in [-0.4, -0.2) is 16.9 Å². The Kier molecular flexibility index (Phi) is 4.71. The smallest absolute Gasteiger partial charge is 0.223 e. The van der Waals surface area contributed by atoms with Gasteiger partial charge in [-0.05, 0) is 24.7 Å². The molecule has 0 saturated heterocycles. The average molecular weight is 242 g/mol. The van der Waals surface area contributed by atoms with Crippen molar-refractivity contribution in [3.63, 3.8) is 0 Å². The lowest BCUT2D eigenvalue weighted by molar-refractivity contribution is -0.126. The van der Waals surface area contributed by atoms with Crippen LogP contribution in [0.3, 0.4) is 0 Å². The topological polar surface area (TPSA) is 55.1 Å². The van der Waals surface area contributed by atoms with Crippen molar-refractivity contribution in [2.75, 3.05) is 0 Å². The maximum atomic E-state index is 12.0. The van der Waals surface area contributed by atoms with Gasteiger partial charge in [-0.3, -0.25) is 4.79 Å². The molecule has 0 aromatic carbocycles. The fraction of sp³-hybridized carbons (Fsp3) is 0.833. The van der Waals surface area contributed by atoms with E-state index in [1.54, 1.807) is 0 Å². The lowest BCUT2D eigenvalue weighted by Gasteiger charge is -2.24. The zero-order valence-electron chi connectivity index (χ0n) is 10.3. The molecule has 3 nitrogen and oxygen atoms in total. The Bertz CT molecular complexity index is 278. The van der Waals surface area contributed by atoms with E-state index in [9.17, 15) is 4.79 Å². The summed E-state index contributed by atoms with van der Waals surface area (Å²) in [5.74, 6) is 1.00. The number of nitrogens with one attached hydrogen (secondary N) is 1. The van der Waals surface area contributed by atoms with Gasteiger partial charge in [0.1, 0.15) is 0 Å². The van der Waals surface area contributed by atoms with Crippen LogP contribution < -0.4 is 11.1 Å². The normalized spacial score (nSPS) is 26.8. The van der Waals surface area contributed by atoms with Crippen molar-refractivity contribution < 1.29 is 4.79 Å². The van der Waals surface area contributed by atoms with Crippen molar-refractivity contribution in [1.82, 2.24) is 5.32 Å². The zero-order chi connectivity index (χ0) is 12.3. The molecule has 1 aliphatic carbocycles. The highest BCUT2D eigenvalue weighted by Gasteiger charge is 2.31. The van der Waals surface area contributed by atoms with Crippen molar-refractivity contribution in [3.05, 3.63) is 0 Å². The molecule has 0 bridgehead atoms. The molecule has 0 aromatic rings. The van der Waals surface area contributed by atoms with Crippen molar-refractivity contribution in [2.24, 2.45) is 23.5 Å². The van der Waals surface area contributed by atoms with Crippen LogP contribution in [-0.2, 0) is 4.79 Å². The number of rotatable bonds is 4. The summed E-state index contributed by atoms with van der Waals surface area (Å²) in [6, 6.07) is -0.171. The van der Waals surface area contributed by atoms with E-state index in [0.29, 0.717) is 10.9 Å². The first-order chi connectivity index (χ1) is 7.43. The average Bonchev–Trinajstić information content (AvgIpc) is 2.59. The van der Waals surface area contributed by atoms with E-state index in [1.165, 1.54) is 0 Å². The maximum absolute atomic E-state index is 12.0. The quantitative estimate of drug-likeness (QED) is 0.740. The second kappa shape index (κ2) is 5.62. The van der Waals surface area contributed by atoms with Gasteiger partial charge in [-0.25, -0.2) is 0 Å². The van der Waals surface area contributed by atoms with Crippen molar-refractivity contribution >= 4 is 23.1 Å². The molecule has 3 N–H and O–H groups in total. The van der Waals surface area contributed by atoms with E-state index in [2.05, 4.69) is 12.2 Å². The Morgan fingerprint density at radius 1 is 1.44 bits per heavy atom. The number of hydrogen-bond donors (Lipinski definition) is 2. The summed E-state index contributed by atoms with van der Waals surface area (Å²) in [7, 11) is 0. The van der Waals surface area contributed by atoms with Gasteiger partial charge in [0, 0.05) is 5.92 Å². The molecule has 0 aromatic heterocycles. The molecule has 0 aliphatic heterocycles. The number of carbonyl (C=O) groups is 1. The van der Waals surface area contributed by atoms with Crippen molar-refractivity contribution in [1.29, 1.82) is 0 Å². The minimum atomic E-state index is -0.171. The van der Waals surface area contributed by atoms with Gasteiger partial charge in [0.15, 0.2) is 0 Å². The van der Waals surface area contributed by atoms with Gasteiger partial charge in [-0.15, -0.1) is 0 Å². The summed E-state index contributed by atoms with van der Waals surface area (Å²) >= 11 is 4.98. The number of thiocarbonyl (C=S) groups is 1. The predicted octanol–water partition coefficient (Wildman–Crippen LogP) is 1.85. The van der Waals surface area contributed by atoms with E-state index in [0.717, 1.165) is 19.3 Å².